The molecule has 8 heteroatoms. The monoisotopic (exact) mass is 763 g/mol. The molecule has 6 aromatic rings. The molecule has 56 heavy (non-hydrogen) atoms. The minimum absolute atomic E-state index is 0.00951. The molecule has 1 heterocycles. The molecule has 1 aliphatic rings. The maximum Gasteiger partial charge on any atom is 0.219 e. The standard InChI is InChI=1S/C48H51ClN6O/c1-2-3-22-45-53-46(49)44(32-56)55(45)31-37-24-23-36(41-20-11-12-21-42(41)47(50)54-52)30-43(37)35-16-13-19-40(29-35)48(51,38-17-9-6-10-18-38)39-27-25-34(26-28-39)33-14-7-4-5-8-15-33/h6,9-13,16-21,23-30,33,50,52,56H,2-5,7-8,14-15,22,31-32,51H2,1H3/p+1. The first kappa shape index (κ1) is 39.0. The van der Waals surface area contributed by atoms with Crippen LogP contribution in [0.1, 0.15) is 109 Å². The van der Waals surface area contributed by atoms with Crippen molar-refractivity contribution in [2.24, 2.45) is 10.8 Å². The lowest BCUT2D eigenvalue weighted by atomic mass is 9.76. The van der Waals surface area contributed by atoms with Crippen molar-refractivity contribution in [3.63, 3.8) is 0 Å². The van der Waals surface area contributed by atoms with Crippen molar-refractivity contribution in [3.05, 3.63) is 171 Å². The molecule has 0 spiro atoms. The van der Waals surface area contributed by atoms with Crippen LogP contribution < -0.4 is 11.3 Å². The first-order valence-corrected chi connectivity index (χ1v) is 20.4. The van der Waals surface area contributed by atoms with Crippen molar-refractivity contribution in [1.82, 2.24) is 9.55 Å². The number of halogens is 1. The lowest BCUT2D eigenvalue weighted by molar-refractivity contribution is -0.207. The average Bonchev–Trinajstić information content (AvgIpc) is 3.38. The first-order valence-electron chi connectivity index (χ1n) is 20.0. The predicted octanol–water partition coefficient (Wildman–Crippen LogP) is 9.98. The Morgan fingerprint density at radius 1 is 0.839 bits per heavy atom. The van der Waals surface area contributed by atoms with Gasteiger partial charge >= 0.3 is 0 Å². The highest BCUT2D eigenvalue weighted by Crippen LogP contribution is 2.40. The smallest absolute Gasteiger partial charge is 0.219 e. The number of nitrogens with zero attached hydrogens (tertiary/aromatic N) is 3. The van der Waals surface area contributed by atoms with Crippen molar-refractivity contribution in [2.75, 3.05) is 0 Å². The van der Waals surface area contributed by atoms with Crippen LogP contribution in [-0.2, 0) is 25.1 Å². The molecule has 6 N–H and O–H groups in total. The Kier molecular flexibility index (Phi) is 12.4. The van der Waals surface area contributed by atoms with Gasteiger partial charge in [-0.15, -0.1) is 0 Å². The Labute approximate surface area is 335 Å². The Morgan fingerprint density at radius 3 is 2.23 bits per heavy atom. The fraction of sp³-hybridized carbons (Fsp3) is 0.292. The molecule has 1 aromatic heterocycles. The van der Waals surface area contributed by atoms with Crippen LogP contribution in [0.3, 0.4) is 0 Å². The molecule has 7 nitrogen and oxygen atoms in total. The van der Waals surface area contributed by atoms with Gasteiger partial charge in [-0.05, 0) is 87.4 Å². The van der Waals surface area contributed by atoms with Crippen LogP contribution in [0.15, 0.2) is 126 Å². The van der Waals surface area contributed by atoms with E-state index in [1.54, 1.807) is 0 Å². The number of hydrogen-bond donors (Lipinski definition) is 4. The van der Waals surface area contributed by atoms with E-state index in [9.17, 15) is 5.11 Å². The van der Waals surface area contributed by atoms with E-state index in [0.29, 0.717) is 28.9 Å². The Hall–Kier alpha value is -5.21. The molecule has 0 bridgehead atoms. The normalized spacial score (nSPS) is 14.6. The summed E-state index contributed by atoms with van der Waals surface area (Å²) in [6, 6.07) is 42.0. The number of aryl methyl sites for hydroxylation is 1. The number of unbranched alkanes of at least 4 members (excludes halogenated alkanes) is 1. The Morgan fingerprint density at radius 2 is 1.52 bits per heavy atom. The second-order valence-electron chi connectivity index (χ2n) is 15.1. The average molecular weight is 764 g/mol. The second kappa shape index (κ2) is 17.7. The van der Waals surface area contributed by atoms with Crippen molar-refractivity contribution < 1.29 is 10.6 Å². The van der Waals surface area contributed by atoms with Gasteiger partial charge < -0.3 is 15.4 Å². The predicted molar refractivity (Wildman–Crippen MR) is 227 cm³/mol. The first-order chi connectivity index (χ1) is 27.3. The number of aliphatic hydroxyl groups is 1. The van der Waals surface area contributed by atoms with Gasteiger partial charge in [0.05, 0.1) is 17.8 Å². The van der Waals surface area contributed by atoms with Crippen LogP contribution in [0.4, 0.5) is 0 Å². The van der Waals surface area contributed by atoms with E-state index in [1.165, 1.54) is 44.1 Å². The fourth-order valence-electron chi connectivity index (χ4n) is 8.46. The molecular formula is C48H52ClN6O+. The number of nitrogens with one attached hydrogen (secondary N) is 1. The van der Waals surface area contributed by atoms with Crippen LogP contribution in [0.25, 0.3) is 22.3 Å². The maximum absolute atomic E-state index is 10.4. The lowest BCUT2D eigenvalue weighted by Crippen LogP contribution is -2.39. The van der Waals surface area contributed by atoms with Gasteiger partial charge in [0, 0.05) is 23.6 Å². The van der Waals surface area contributed by atoms with Crippen molar-refractivity contribution >= 4 is 17.4 Å². The minimum atomic E-state index is -0.934. The molecule has 1 aliphatic carbocycles. The quantitative estimate of drug-likeness (QED) is 0.0308. The van der Waals surface area contributed by atoms with Crippen molar-refractivity contribution in [3.8, 4) is 22.3 Å². The number of aromatic nitrogens is 2. The molecule has 1 unspecified atom stereocenters. The summed E-state index contributed by atoms with van der Waals surface area (Å²) in [6.07, 6.45) is 10.4. The summed E-state index contributed by atoms with van der Waals surface area (Å²) >= 11 is 6.62. The zero-order valence-corrected chi connectivity index (χ0v) is 33.0. The molecule has 1 fully saturated rings. The van der Waals surface area contributed by atoms with E-state index in [0.717, 1.165) is 69.6 Å². The van der Waals surface area contributed by atoms with E-state index < -0.39 is 5.54 Å². The number of imidazole rings is 1. The van der Waals surface area contributed by atoms with Crippen molar-refractivity contribution in [2.45, 2.75) is 89.3 Å². The van der Waals surface area contributed by atoms with E-state index in [1.807, 2.05) is 30.3 Å². The molecular weight excluding hydrogens is 712 g/mol. The molecule has 0 radical (unpaired) electrons. The SMILES string of the molecule is CCCCc1nc(Cl)c(CO)n1Cc1ccc(-c2ccccc2C(=N)N=[NH2+])cc1-c1cccc(C(N)(c2ccccc2)c2ccc(C3CCCCCC3)cc2)c1. The van der Waals surface area contributed by atoms with Gasteiger partial charge in [0.1, 0.15) is 5.82 Å². The molecule has 0 amide bonds. The molecule has 7 rings (SSSR count). The third kappa shape index (κ3) is 8.03. The van der Waals surface area contributed by atoms with E-state index in [2.05, 4.69) is 113 Å². The number of amidine groups is 1. The highest BCUT2D eigenvalue weighted by Gasteiger charge is 2.33. The summed E-state index contributed by atoms with van der Waals surface area (Å²) in [5.74, 6) is 1.46. The van der Waals surface area contributed by atoms with Gasteiger partial charge in [-0.25, -0.2) is 4.98 Å². The zero-order chi connectivity index (χ0) is 39.1. The summed E-state index contributed by atoms with van der Waals surface area (Å²) in [5.41, 5.74) is 22.8. The highest BCUT2D eigenvalue weighted by atomic mass is 35.5. The van der Waals surface area contributed by atoms with Crippen LogP contribution in [0.2, 0.25) is 5.15 Å². The molecule has 1 saturated carbocycles. The largest absolute Gasteiger partial charge is 0.390 e. The van der Waals surface area contributed by atoms with Gasteiger partial charge in [0.2, 0.25) is 5.84 Å². The highest BCUT2D eigenvalue weighted by molar-refractivity contribution is 6.30. The van der Waals surface area contributed by atoms with Gasteiger partial charge in [-0.2, -0.15) is 5.53 Å². The van der Waals surface area contributed by atoms with Gasteiger partial charge in [0.25, 0.3) is 0 Å². The third-order valence-electron chi connectivity index (χ3n) is 11.6. The number of benzene rings is 5. The van der Waals surface area contributed by atoms with Crippen LogP contribution >= 0.6 is 11.6 Å². The van der Waals surface area contributed by atoms with Crippen LogP contribution in [-0.4, -0.2) is 20.5 Å². The molecule has 1 atom stereocenters. The topological polar surface area (TPSA) is 126 Å². The van der Waals surface area contributed by atoms with Crippen molar-refractivity contribution in [1.29, 1.82) is 5.41 Å². The second-order valence-corrected chi connectivity index (χ2v) is 15.4. The van der Waals surface area contributed by atoms with Crippen LogP contribution in [0.5, 0.6) is 0 Å². The maximum atomic E-state index is 10.4. The third-order valence-corrected chi connectivity index (χ3v) is 11.9. The van der Waals surface area contributed by atoms with Gasteiger partial charge in [0.15, 0.2) is 5.15 Å². The van der Waals surface area contributed by atoms with Gasteiger partial charge in [-0.3, -0.25) is 5.41 Å². The van der Waals surface area contributed by atoms with Crippen LogP contribution in [0, 0.1) is 5.41 Å². The summed E-state index contributed by atoms with van der Waals surface area (Å²) in [7, 11) is 0. The summed E-state index contributed by atoms with van der Waals surface area (Å²) in [4.78, 5) is 4.68. The fourth-order valence-corrected chi connectivity index (χ4v) is 8.72. The zero-order valence-electron chi connectivity index (χ0n) is 32.2. The Balaban J connectivity index is 1.38. The number of nitrogens with two attached hydrogens (primary N) is 2. The molecule has 0 saturated heterocycles. The summed E-state index contributed by atoms with van der Waals surface area (Å²) in [5, 5.41) is 23.0. The summed E-state index contributed by atoms with van der Waals surface area (Å²) in [6.45, 7) is 2.39. The molecule has 0 aliphatic heterocycles. The summed E-state index contributed by atoms with van der Waals surface area (Å²) < 4.78 is 2.06. The lowest BCUT2D eigenvalue weighted by Gasteiger charge is -2.32. The number of rotatable bonds is 13. The number of hydrogen-bond acceptors (Lipinski definition) is 4. The van der Waals surface area contributed by atoms with E-state index in [-0.39, 0.29) is 12.4 Å². The van der Waals surface area contributed by atoms with E-state index >= 15 is 0 Å². The van der Waals surface area contributed by atoms with Gasteiger partial charge in [-0.1, -0.05) is 160 Å². The molecule has 5 aromatic carbocycles. The number of aliphatic hydroxyl groups excluding tert-OH is 1. The minimum Gasteiger partial charge on any atom is -0.390 e. The molecule has 286 valence electrons. The Bertz CT molecular complexity index is 2290. The van der Waals surface area contributed by atoms with E-state index in [4.69, 9.17) is 28.3 Å².